The zero-order chi connectivity index (χ0) is 20.1. The van der Waals surface area contributed by atoms with Gasteiger partial charge in [-0.3, -0.25) is 9.55 Å². The number of rotatable bonds is 6. The van der Waals surface area contributed by atoms with E-state index in [2.05, 4.69) is 54.6 Å². The number of aromatic nitrogens is 3. The summed E-state index contributed by atoms with van der Waals surface area (Å²) < 4.78 is 2.19. The molecule has 0 unspecified atom stereocenters. The van der Waals surface area contributed by atoms with E-state index in [1.807, 2.05) is 43.5 Å². The van der Waals surface area contributed by atoms with Crippen LogP contribution in [0.5, 0.6) is 0 Å². The summed E-state index contributed by atoms with van der Waals surface area (Å²) in [6.07, 6.45) is 10.1. The average Bonchev–Trinajstić information content (AvgIpc) is 3.06. The van der Waals surface area contributed by atoms with E-state index in [4.69, 9.17) is 16.6 Å². The molecule has 4 heteroatoms. The van der Waals surface area contributed by atoms with E-state index in [1.165, 1.54) is 5.57 Å². The lowest BCUT2D eigenvalue weighted by Gasteiger charge is -2.12. The molecule has 0 spiro atoms. The predicted molar refractivity (Wildman–Crippen MR) is 120 cm³/mol. The van der Waals surface area contributed by atoms with Gasteiger partial charge in [0.15, 0.2) is 0 Å². The van der Waals surface area contributed by atoms with Gasteiger partial charge in [0.25, 0.3) is 0 Å². The van der Waals surface area contributed by atoms with Crippen LogP contribution in [0, 0.1) is 0 Å². The lowest BCUT2D eigenvalue weighted by Crippen LogP contribution is -2.01. The maximum atomic E-state index is 6.13. The highest BCUT2D eigenvalue weighted by atomic mass is 35.5. The maximum absolute atomic E-state index is 6.13. The summed E-state index contributed by atoms with van der Waals surface area (Å²) in [6.45, 7) is 8.43. The third-order valence-electron chi connectivity index (χ3n) is 4.74. The van der Waals surface area contributed by atoms with Gasteiger partial charge in [-0.25, -0.2) is 4.98 Å². The number of aryl methyl sites for hydroxylation is 1. The molecule has 2 heterocycles. The van der Waals surface area contributed by atoms with E-state index in [1.54, 1.807) is 0 Å². The normalized spacial score (nSPS) is 12.1. The molecular weight excluding hydrogens is 366 g/mol. The summed E-state index contributed by atoms with van der Waals surface area (Å²) in [4.78, 5) is 9.55. The van der Waals surface area contributed by atoms with Crippen LogP contribution in [0.1, 0.15) is 51.2 Å². The molecule has 0 bridgehead atoms. The summed E-state index contributed by atoms with van der Waals surface area (Å²) in [7, 11) is 0. The zero-order valence-corrected chi connectivity index (χ0v) is 17.7. The highest BCUT2D eigenvalue weighted by Gasteiger charge is 2.17. The van der Waals surface area contributed by atoms with Crippen LogP contribution in [0.3, 0.4) is 0 Å². The average molecular weight is 392 g/mol. The van der Waals surface area contributed by atoms with E-state index in [0.29, 0.717) is 0 Å². The predicted octanol–water partition coefficient (Wildman–Crippen LogP) is 7.00. The van der Waals surface area contributed by atoms with Gasteiger partial charge in [-0.05, 0) is 75.2 Å². The van der Waals surface area contributed by atoms with E-state index in [0.717, 1.165) is 52.0 Å². The van der Waals surface area contributed by atoms with Crippen molar-refractivity contribution in [2.45, 2.75) is 40.5 Å². The Balaban J connectivity index is 2.30. The van der Waals surface area contributed by atoms with Gasteiger partial charge in [0.05, 0.1) is 11.4 Å². The van der Waals surface area contributed by atoms with Crippen LogP contribution < -0.4 is 0 Å². The summed E-state index contributed by atoms with van der Waals surface area (Å²) in [5, 5.41) is 0.717. The number of benzene rings is 1. The summed E-state index contributed by atoms with van der Waals surface area (Å²) in [5.74, 6) is 0.876. The van der Waals surface area contributed by atoms with Crippen molar-refractivity contribution < 1.29 is 0 Å². The van der Waals surface area contributed by atoms with Gasteiger partial charge in [-0.2, -0.15) is 0 Å². The van der Waals surface area contributed by atoms with E-state index >= 15 is 0 Å². The Bertz CT molecular complexity index is 994. The monoisotopic (exact) mass is 391 g/mol. The maximum Gasteiger partial charge on any atom is 0.147 e. The van der Waals surface area contributed by atoms with Crippen molar-refractivity contribution in [3.63, 3.8) is 0 Å². The van der Waals surface area contributed by atoms with Crippen molar-refractivity contribution in [2.24, 2.45) is 0 Å². The molecule has 3 nitrogen and oxygen atoms in total. The van der Waals surface area contributed by atoms with E-state index < -0.39 is 0 Å². The highest BCUT2D eigenvalue weighted by Crippen LogP contribution is 2.30. The van der Waals surface area contributed by atoms with Crippen molar-refractivity contribution in [3.8, 4) is 17.1 Å². The molecule has 0 fully saturated rings. The first-order valence-electron chi connectivity index (χ1n) is 9.71. The lowest BCUT2D eigenvalue weighted by atomic mass is 10.1. The molecule has 0 amide bonds. The Morgan fingerprint density at radius 2 is 1.86 bits per heavy atom. The first kappa shape index (κ1) is 20.1. The van der Waals surface area contributed by atoms with Gasteiger partial charge in [0.1, 0.15) is 5.82 Å². The van der Waals surface area contributed by atoms with Crippen LogP contribution in [-0.4, -0.2) is 14.5 Å². The van der Waals surface area contributed by atoms with Crippen molar-refractivity contribution in [3.05, 3.63) is 76.3 Å². The molecular formula is C24H26ClN3. The molecule has 0 aliphatic carbocycles. The fourth-order valence-corrected chi connectivity index (χ4v) is 3.14. The summed E-state index contributed by atoms with van der Waals surface area (Å²) >= 11 is 6.13. The first-order chi connectivity index (χ1) is 13.6. The second kappa shape index (κ2) is 9.03. The number of nitrogens with zero attached hydrogens (tertiary/aromatic N) is 3. The Kier molecular flexibility index (Phi) is 6.48. The van der Waals surface area contributed by atoms with Crippen LogP contribution in [0.2, 0.25) is 5.02 Å². The summed E-state index contributed by atoms with van der Waals surface area (Å²) in [5.41, 5.74) is 6.40. The van der Waals surface area contributed by atoms with Gasteiger partial charge in [-0.1, -0.05) is 37.1 Å². The van der Waals surface area contributed by atoms with Crippen molar-refractivity contribution >= 4 is 23.8 Å². The number of imidazole rings is 1. The molecule has 2 aromatic heterocycles. The van der Waals surface area contributed by atoms with Gasteiger partial charge >= 0.3 is 0 Å². The van der Waals surface area contributed by atoms with Gasteiger partial charge in [0.2, 0.25) is 0 Å². The van der Waals surface area contributed by atoms with Crippen LogP contribution >= 0.6 is 11.6 Å². The molecule has 0 N–H and O–H groups in total. The van der Waals surface area contributed by atoms with Crippen molar-refractivity contribution in [1.29, 1.82) is 0 Å². The fraction of sp³-hybridized carbons (Fsp3) is 0.250. The van der Waals surface area contributed by atoms with E-state index in [-0.39, 0.29) is 0 Å². The molecule has 3 rings (SSSR count). The van der Waals surface area contributed by atoms with Gasteiger partial charge < -0.3 is 0 Å². The third-order valence-corrected chi connectivity index (χ3v) is 4.99. The van der Waals surface area contributed by atoms with Crippen LogP contribution in [-0.2, 0) is 6.42 Å². The standard InChI is InChI=1S/C24H26ClN3/c1-5-8-22-23(15-17(4)6-2)28(21-13-10-19(25)11-14-21)24(27-22)18-9-12-20(7-3)26-16-18/h5,8-16H,6-7H2,1-4H3/b8-5-,17-15+. The fourth-order valence-electron chi connectivity index (χ4n) is 3.02. The number of pyridine rings is 1. The SMILES string of the molecule is C/C=C\c1nc(-c2ccc(CC)nc2)n(-c2ccc(Cl)cc2)c1/C=C(\C)CC. The second-order valence-corrected chi connectivity index (χ2v) is 7.19. The molecule has 3 aromatic rings. The molecule has 0 radical (unpaired) electrons. The number of hydrogen-bond donors (Lipinski definition) is 0. The molecule has 0 atom stereocenters. The number of halogens is 1. The molecule has 0 aliphatic heterocycles. The highest BCUT2D eigenvalue weighted by molar-refractivity contribution is 6.30. The van der Waals surface area contributed by atoms with Crippen LogP contribution in [0.25, 0.3) is 29.2 Å². The Morgan fingerprint density at radius 3 is 2.43 bits per heavy atom. The molecule has 144 valence electrons. The number of allylic oxidation sites excluding steroid dienone is 2. The molecule has 0 saturated heterocycles. The minimum Gasteiger partial charge on any atom is -0.292 e. The first-order valence-corrected chi connectivity index (χ1v) is 10.1. The van der Waals surface area contributed by atoms with Crippen molar-refractivity contribution in [1.82, 2.24) is 14.5 Å². The van der Waals surface area contributed by atoms with Gasteiger partial charge in [0, 0.05) is 28.2 Å². The Hall–Kier alpha value is -2.65. The van der Waals surface area contributed by atoms with Gasteiger partial charge in [-0.15, -0.1) is 0 Å². The topological polar surface area (TPSA) is 30.7 Å². The van der Waals surface area contributed by atoms with E-state index in [9.17, 15) is 0 Å². The lowest BCUT2D eigenvalue weighted by molar-refractivity contribution is 1.02. The van der Waals surface area contributed by atoms with Crippen LogP contribution in [0.15, 0.2) is 54.2 Å². The van der Waals surface area contributed by atoms with Crippen molar-refractivity contribution in [2.75, 3.05) is 0 Å². The largest absolute Gasteiger partial charge is 0.292 e. The molecule has 1 aromatic carbocycles. The Morgan fingerprint density at radius 1 is 1.11 bits per heavy atom. The minimum absolute atomic E-state index is 0.717. The third kappa shape index (κ3) is 4.26. The summed E-state index contributed by atoms with van der Waals surface area (Å²) in [6, 6.07) is 12.0. The molecule has 0 aliphatic rings. The molecule has 0 saturated carbocycles. The van der Waals surface area contributed by atoms with Crippen LogP contribution in [0.4, 0.5) is 0 Å². The minimum atomic E-state index is 0.717. The smallest absolute Gasteiger partial charge is 0.147 e. The molecule has 28 heavy (non-hydrogen) atoms. The second-order valence-electron chi connectivity index (χ2n) is 6.75. The number of hydrogen-bond acceptors (Lipinski definition) is 2. The zero-order valence-electron chi connectivity index (χ0n) is 16.9. The quantitative estimate of drug-likeness (QED) is 0.453. The Labute approximate surface area is 172 Å².